The molecular formula is C36H46ClN3O7. The van der Waals surface area contributed by atoms with Crippen molar-refractivity contribution in [2.45, 2.75) is 100 Å². The van der Waals surface area contributed by atoms with E-state index in [1.54, 1.807) is 0 Å². The maximum Gasteiger partial charge on any atom is 0.220 e. The minimum atomic E-state index is -1.73. The SMILES string of the molecule is C[C@@H](CCCC(=O)NC[C@H](O)[C@@H](O)[C@H](O)[C@H](O)CO)c1ccc(Cl)c(CNC2(c3cnccc3-c3ccccc3OC3CC3)CC2)c1. The van der Waals surface area contributed by atoms with Gasteiger partial charge in [-0.3, -0.25) is 9.78 Å². The number of carbonyl (C=O) groups is 1. The lowest BCUT2D eigenvalue weighted by Gasteiger charge is -2.25. The van der Waals surface area contributed by atoms with Gasteiger partial charge in [0.15, 0.2) is 0 Å². The highest BCUT2D eigenvalue weighted by molar-refractivity contribution is 6.31. The molecule has 1 aromatic heterocycles. The highest BCUT2D eigenvalue weighted by atomic mass is 35.5. The summed E-state index contributed by atoms with van der Waals surface area (Å²) in [6, 6.07) is 16.4. The van der Waals surface area contributed by atoms with Crippen molar-refractivity contribution in [3.8, 4) is 16.9 Å². The number of amides is 1. The number of aromatic nitrogens is 1. The number of benzene rings is 2. The van der Waals surface area contributed by atoms with Crippen LogP contribution in [0.1, 0.15) is 74.5 Å². The van der Waals surface area contributed by atoms with Crippen LogP contribution in [-0.4, -0.2) is 80.1 Å². The number of aliphatic hydroxyl groups excluding tert-OH is 5. The normalized spacial score (nSPS) is 18.5. The third kappa shape index (κ3) is 9.08. The zero-order chi connectivity index (χ0) is 33.6. The van der Waals surface area contributed by atoms with Crippen LogP contribution in [0.3, 0.4) is 0 Å². The fraction of sp³-hybridized carbons (Fsp3) is 0.500. The first-order valence-corrected chi connectivity index (χ1v) is 16.8. The molecule has 0 radical (unpaired) electrons. The van der Waals surface area contributed by atoms with Crippen molar-refractivity contribution in [2.24, 2.45) is 0 Å². The Hall–Kier alpha value is -3.09. The van der Waals surface area contributed by atoms with E-state index in [0.29, 0.717) is 24.1 Å². The van der Waals surface area contributed by atoms with Gasteiger partial charge in [-0.1, -0.05) is 48.9 Å². The molecule has 5 atom stereocenters. The van der Waals surface area contributed by atoms with E-state index < -0.39 is 31.0 Å². The molecule has 0 unspecified atom stereocenters. The van der Waals surface area contributed by atoms with Crippen molar-refractivity contribution in [2.75, 3.05) is 13.2 Å². The van der Waals surface area contributed by atoms with Gasteiger partial charge in [-0.25, -0.2) is 0 Å². The van der Waals surface area contributed by atoms with Crippen LogP contribution in [0.4, 0.5) is 0 Å². The van der Waals surface area contributed by atoms with Crippen molar-refractivity contribution in [3.63, 3.8) is 0 Å². The molecule has 0 bridgehead atoms. The van der Waals surface area contributed by atoms with E-state index in [1.165, 1.54) is 0 Å². The van der Waals surface area contributed by atoms with Crippen molar-refractivity contribution in [1.82, 2.24) is 15.6 Å². The fourth-order valence-electron chi connectivity index (χ4n) is 5.86. The number of hydrogen-bond acceptors (Lipinski definition) is 9. The molecule has 1 amide bonds. The van der Waals surface area contributed by atoms with Gasteiger partial charge in [-0.15, -0.1) is 0 Å². The van der Waals surface area contributed by atoms with E-state index in [0.717, 1.165) is 65.7 Å². The van der Waals surface area contributed by atoms with Crippen molar-refractivity contribution >= 4 is 17.5 Å². The molecule has 47 heavy (non-hydrogen) atoms. The minimum Gasteiger partial charge on any atom is -0.490 e. The standard InChI is InChI=1S/C36H46ClN3O7/c1-22(5-4-8-33(44)39-20-30(42)34(45)35(46)31(43)21-41)23-9-12-29(37)24(17-23)18-40-36(14-15-36)28-19-38-16-13-26(28)27-6-2-3-7-32(27)47-25-10-11-25/h2-3,6-7,9,12-13,16-17,19,22,25,30-31,34-35,40-43,45-46H,4-5,8,10-11,14-15,18,20-21H2,1H3,(H,39,44)/t22-,30-,31+,34+,35+/m0/s1. The van der Waals surface area contributed by atoms with Crippen LogP contribution in [0.15, 0.2) is 60.9 Å². The van der Waals surface area contributed by atoms with E-state index >= 15 is 0 Å². The van der Waals surface area contributed by atoms with Gasteiger partial charge in [0.1, 0.15) is 24.1 Å². The highest BCUT2D eigenvalue weighted by Gasteiger charge is 2.46. The van der Waals surface area contributed by atoms with Crippen LogP contribution in [0.5, 0.6) is 5.75 Å². The van der Waals surface area contributed by atoms with Crippen LogP contribution in [0, 0.1) is 0 Å². The average Bonchev–Trinajstić information content (AvgIpc) is 4.03. The number of para-hydroxylation sites is 1. The van der Waals surface area contributed by atoms with Crippen LogP contribution >= 0.6 is 11.6 Å². The first-order valence-electron chi connectivity index (χ1n) is 16.5. The van der Waals surface area contributed by atoms with Crippen molar-refractivity contribution in [1.29, 1.82) is 0 Å². The summed E-state index contributed by atoms with van der Waals surface area (Å²) in [5.41, 5.74) is 5.30. The molecule has 2 fully saturated rings. The summed E-state index contributed by atoms with van der Waals surface area (Å²) in [7, 11) is 0. The lowest BCUT2D eigenvalue weighted by molar-refractivity contribution is -0.126. The smallest absolute Gasteiger partial charge is 0.220 e. The quantitative estimate of drug-likeness (QED) is 0.107. The first kappa shape index (κ1) is 35.2. The number of pyridine rings is 1. The van der Waals surface area contributed by atoms with Gasteiger partial charge in [-0.2, -0.15) is 0 Å². The summed E-state index contributed by atoms with van der Waals surface area (Å²) in [4.78, 5) is 16.8. The number of nitrogens with zero attached hydrogens (tertiary/aromatic N) is 1. The molecular weight excluding hydrogens is 622 g/mol. The second-order valence-corrected chi connectivity index (χ2v) is 13.3. The number of carbonyl (C=O) groups excluding carboxylic acids is 1. The molecule has 0 saturated heterocycles. The molecule has 2 saturated carbocycles. The summed E-state index contributed by atoms with van der Waals surface area (Å²) in [6.07, 6.45) is 3.33. The van der Waals surface area contributed by atoms with Crippen LogP contribution in [0.25, 0.3) is 11.1 Å². The van der Waals surface area contributed by atoms with Gasteiger partial charge in [0.2, 0.25) is 5.91 Å². The lowest BCUT2D eigenvalue weighted by Crippen LogP contribution is -2.49. The van der Waals surface area contributed by atoms with Crippen molar-refractivity contribution < 1.29 is 35.1 Å². The summed E-state index contributed by atoms with van der Waals surface area (Å²) in [5.74, 6) is 0.781. The molecule has 11 heteroatoms. The first-order chi connectivity index (χ1) is 22.6. The predicted octanol–water partition coefficient (Wildman–Crippen LogP) is 3.55. The van der Waals surface area contributed by atoms with Gasteiger partial charge in [-0.05, 0) is 84.9 Å². The molecule has 5 rings (SSSR count). The summed E-state index contributed by atoms with van der Waals surface area (Å²) < 4.78 is 6.25. The van der Waals surface area contributed by atoms with E-state index in [4.69, 9.17) is 21.4 Å². The topological polar surface area (TPSA) is 164 Å². The number of hydrogen-bond donors (Lipinski definition) is 7. The second kappa shape index (κ2) is 15.9. The van der Waals surface area contributed by atoms with E-state index in [9.17, 15) is 25.2 Å². The Labute approximate surface area is 280 Å². The number of rotatable bonds is 18. The second-order valence-electron chi connectivity index (χ2n) is 12.9. The Morgan fingerprint density at radius 1 is 1.04 bits per heavy atom. The van der Waals surface area contributed by atoms with E-state index in [-0.39, 0.29) is 30.3 Å². The number of aliphatic hydroxyl groups is 5. The largest absolute Gasteiger partial charge is 0.490 e. The highest BCUT2D eigenvalue weighted by Crippen LogP contribution is 2.50. The zero-order valence-corrected chi connectivity index (χ0v) is 27.4. The number of ether oxygens (including phenoxy) is 1. The molecule has 10 nitrogen and oxygen atoms in total. The average molecular weight is 668 g/mol. The molecule has 3 aromatic rings. The number of nitrogens with one attached hydrogen (secondary N) is 2. The predicted molar refractivity (Wildman–Crippen MR) is 179 cm³/mol. The monoisotopic (exact) mass is 667 g/mol. The molecule has 1 heterocycles. The van der Waals surface area contributed by atoms with Gasteiger partial charge in [0.25, 0.3) is 0 Å². The van der Waals surface area contributed by atoms with Crippen LogP contribution < -0.4 is 15.4 Å². The third-order valence-corrected chi connectivity index (χ3v) is 9.58. The molecule has 2 aromatic carbocycles. The molecule has 2 aliphatic rings. The molecule has 0 aliphatic heterocycles. The van der Waals surface area contributed by atoms with Gasteiger partial charge in [0, 0.05) is 48.0 Å². The van der Waals surface area contributed by atoms with Crippen LogP contribution in [-0.2, 0) is 16.9 Å². The van der Waals surface area contributed by atoms with E-state index in [1.807, 2.05) is 42.7 Å². The van der Waals surface area contributed by atoms with Crippen molar-refractivity contribution in [3.05, 3.63) is 82.6 Å². The maximum atomic E-state index is 12.3. The maximum absolute atomic E-state index is 12.3. The lowest BCUT2D eigenvalue weighted by atomic mass is 9.93. The van der Waals surface area contributed by atoms with E-state index in [2.05, 4.69) is 40.7 Å². The zero-order valence-electron chi connectivity index (χ0n) is 26.7. The summed E-state index contributed by atoms with van der Waals surface area (Å²) in [5, 5.41) is 55.0. The Morgan fingerprint density at radius 2 is 1.79 bits per heavy atom. The molecule has 0 spiro atoms. The fourth-order valence-corrected chi connectivity index (χ4v) is 6.05. The molecule has 254 valence electrons. The Bertz CT molecular complexity index is 1500. The number of halogens is 1. The molecule has 7 N–H and O–H groups in total. The Kier molecular flexibility index (Phi) is 11.9. The van der Waals surface area contributed by atoms with Crippen LogP contribution in [0.2, 0.25) is 5.02 Å². The third-order valence-electron chi connectivity index (χ3n) is 9.21. The summed E-state index contributed by atoms with van der Waals surface area (Å²) in [6.45, 7) is 1.65. The Morgan fingerprint density at radius 3 is 2.51 bits per heavy atom. The summed E-state index contributed by atoms with van der Waals surface area (Å²) >= 11 is 6.67. The minimum absolute atomic E-state index is 0.170. The molecule has 2 aliphatic carbocycles. The Balaban J connectivity index is 1.15. The van der Waals surface area contributed by atoms with Gasteiger partial charge < -0.3 is 40.9 Å². The van der Waals surface area contributed by atoms with Gasteiger partial charge >= 0.3 is 0 Å². The van der Waals surface area contributed by atoms with Gasteiger partial charge in [0.05, 0.1) is 18.8 Å².